The molecule has 0 N–H and O–H groups in total. The summed E-state index contributed by atoms with van der Waals surface area (Å²) in [6.45, 7) is 0. The van der Waals surface area contributed by atoms with Gasteiger partial charge in [0.05, 0.1) is 0 Å². The molecule has 0 aliphatic carbocycles. The van der Waals surface area contributed by atoms with Crippen molar-refractivity contribution in [3.05, 3.63) is 54.4 Å². The van der Waals surface area contributed by atoms with Crippen molar-refractivity contribution in [1.82, 2.24) is 4.98 Å². The van der Waals surface area contributed by atoms with E-state index >= 15 is 0 Å². The molecule has 1 aromatic carbocycles. The molecule has 0 aliphatic rings. The Morgan fingerprint density at radius 1 is 1.12 bits per heavy atom. The summed E-state index contributed by atoms with van der Waals surface area (Å²) in [5.74, 6) is 0.936. The normalized spacial score (nSPS) is 10.2. The van der Waals surface area contributed by atoms with Gasteiger partial charge < -0.3 is 0 Å². The topological polar surface area (TPSA) is 22.1 Å². The Kier molecular flexibility index (Phi) is 4.85. The van der Waals surface area contributed by atoms with E-state index in [-0.39, 0.29) is 20.9 Å². The van der Waals surface area contributed by atoms with Crippen molar-refractivity contribution in [2.24, 2.45) is 0 Å². The zero-order valence-electron chi connectivity index (χ0n) is 9.80. The Morgan fingerprint density at radius 2 is 1.94 bits per heavy atom. The Balaban J connectivity index is 1.82. The number of methoxy groups -OCH3 is 1. The molecule has 2 aromatic rings. The molecule has 0 saturated carbocycles. The molecule has 2 nitrogen and oxygen atoms in total. The van der Waals surface area contributed by atoms with Gasteiger partial charge in [-0.05, 0) is 0 Å². The molecule has 1 heterocycles. The van der Waals surface area contributed by atoms with Gasteiger partial charge in [0, 0.05) is 0 Å². The van der Waals surface area contributed by atoms with Crippen molar-refractivity contribution in [1.29, 1.82) is 0 Å². The molecule has 0 fully saturated rings. The predicted molar refractivity (Wildman–Crippen MR) is 71.1 cm³/mol. The summed E-state index contributed by atoms with van der Waals surface area (Å²) in [6, 6.07) is 14.6. The molecule has 0 unspecified atom stereocenters. The van der Waals surface area contributed by atoms with Gasteiger partial charge in [0.25, 0.3) is 0 Å². The van der Waals surface area contributed by atoms with E-state index in [4.69, 9.17) is 4.74 Å². The zero-order chi connectivity index (χ0) is 11.9. The minimum atomic E-state index is -0.0939. The number of ether oxygens (including phenoxy) is 1. The quantitative estimate of drug-likeness (QED) is 0.777. The first-order valence-corrected chi connectivity index (χ1v) is 8.36. The Labute approximate surface area is 112 Å². The van der Waals surface area contributed by atoms with Gasteiger partial charge in [0.2, 0.25) is 0 Å². The van der Waals surface area contributed by atoms with E-state index in [1.807, 2.05) is 24.4 Å². The van der Waals surface area contributed by atoms with Crippen molar-refractivity contribution in [2.75, 3.05) is 7.11 Å². The molecular formula is C14H15NOTe. The van der Waals surface area contributed by atoms with Crippen LogP contribution in [0.2, 0.25) is 4.47 Å². The van der Waals surface area contributed by atoms with Crippen LogP contribution < -0.4 is 8.35 Å². The van der Waals surface area contributed by atoms with Gasteiger partial charge in [-0.2, -0.15) is 0 Å². The zero-order valence-corrected chi connectivity index (χ0v) is 12.1. The maximum absolute atomic E-state index is 5.15. The average Bonchev–Trinajstić information content (AvgIpc) is 2.41. The number of nitrogens with zero attached hydrogens (tertiary/aromatic N) is 1. The van der Waals surface area contributed by atoms with E-state index in [0.717, 1.165) is 12.2 Å². The molecule has 0 amide bonds. The number of hydrogen-bond acceptors (Lipinski definition) is 2. The van der Waals surface area contributed by atoms with Gasteiger partial charge in [0.1, 0.15) is 0 Å². The number of benzene rings is 1. The Morgan fingerprint density at radius 3 is 2.59 bits per heavy atom. The van der Waals surface area contributed by atoms with Gasteiger partial charge in [0.15, 0.2) is 0 Å². The predicted octanol–water partition coefficient (Wildman–Crippen LogP) is 2.08. The fourth-order valence-electron chi connectivity index (χ4n) is 1.49. The summed E-state index contributed by atoms with van der Waals surface area (Å²) >= 11 is -0.0939. The van der Waals surface area contributed by atoms with Gasteiger partial charge >= 0.3 is 112 Å². The average molecular weight is 341 g/mol. The standard InChI is InChI=1S/C14H15NOTe/c1-16-13-5-7-14(8-6-13)17-11-9-12-4-2-3-10-15-12/h2-8,10H,9,11H2,1H3. The third-order valence-electron chi connectivity index (χ3n) is 2.41. The van der Waals surface area contributed by atoms with Crippen LogP contribution in [0.25, 0.3) is 0 Å². The van der Waals surface area contributed by atoms with Crippen LogP contribution in [0.1, 0.15) is 5.69 Å². The van der Waals surface area contributed by atoms with Crippen LogP contribution in [0.4, 0.5) is 0 Å². The van der Waals surface area contributed by atoms with Crippen molar-refractivity contribution in [3.63, 3.8) is 0 Å². The van der Waals surface area contributed by atoms with Crippen molar-refractivity contribution < 1.29 is 4.74 Å². The summed E-state index contributed by atoms with van der Waals surface area (Å²) < 4.78 is 7.88. The summed E-state index contributed by atoms with van der Waals surface area (Å²) in [5.41, 5.74) is 1.20. The number of aromatic nitrogens is 1. The van der Waals surface area contributed by atoms with Crippen LogP contribution in [-0.2, 0) is 6.42 Å². The van der Waals surface area contributed by atoms with Gasteiger partial charge in [-0.3, -0.25) is 0 Å². The molecule has 1 aromatic heterocycles. The van der Waals surface area contributed by atoms with Crippen LogP contribution in [0.3, 0.4) is 0 Å². The molecule has 0 atom stereocenters. The second-order valence-corrected chi connectivity index (χ2v) is 6.93. The van der Waals surface area contributed by atoms with Crippen LogP contribution in [0, 0.1) is 0 Å². The molecule has 0 radical (unpaired) electrons. The van der Waals surface area contributed by atoms with E-state index in [2.05, 4.69) is 29.2 Å². The number of pyridine rings is 1. The Hall–Kier alpha value is -1.04. The number of rotatable bonds is 5. The molecule has 2 rings (SSSR count). The molecule has 0 aliphatic heterocycles. The van der Waals surface area contributed by atoms with Crippen LogP contribution in [0.5, 0.6) is 5.75 Å². The summed E-state index contributed by atoms with van der Waals surface area (Å²) in [7, 11) is 1.70. The molecule has 0 spiro atoms. The summed E-state index contributed by atoms with van der Waals surface area (Å²) in [5, 5.41) is 0. The third-order valence-corrected chi connectivity index (χ3v) is 5.31. The number of aryl methyl sites for hydroxylation is 1. The second kappa shape index (κ2) is 6.64. The van der Waals surface area contributed by atoms with Gasteiger partial charge in [-0.15, -0.1) is 0 Å². The van der Waals surface area contributed by atoms with E-state index in [1.165, 1.54) is 13.8 Å². The number of hydrogen-bond donors (Lipinski definition) is 0. The van der Waals surface area contributed by atoms with Gasteiger partial charge in [-0.1, -0.05) is 0 Å². The third kappa shape index (κ3) is 4.03. The van der Waals surface area contributed by atoms with Gasteiger partial charge in [-0.25, -0.2) is 0 Å². The van der Waals surface area contributed by atoms with E-state index in [1.54, 1.807) is 7.11 Å². The minimum absolute atomic E-state index is 0.0939. The SMILES string of the molecule is COc1ccc([Te]CCc2ccccn2)cc1. The molecular weight excluding hydrogens is 326 g/mol. The van der Waals surface area contributed by atoms with Crippen LogP contribution >= 0.6 is 0 Å². The summed E-state index contributed by atoms with van der Waals surface area (Å²) in [4.78, 5) is 4.34. The van der Waals surface area contributed by atoms with Crippen molar-refractivity contribution >= 4 is 24.5 Å². The fraction of sp³-hybridized carbons (Fsp3) is 0.214. The first kappa shape index (κ1) is 12.4. The Bertz CT molecular complexity index is 442. The van der Waals surface area contributed by atoms with Crippen molar-refractivity contribution in [3.8, 4) is 5.75 Å². The molecule has 88 valence electrons. The van der Waals surface area contributed by atoms with Crippen LogP contribution in [0.15, 0.2) is 48.7 Å². The van der Waals surface area contributed by atoms with E-state index < -0.39 is 0 Å². The molecule has 0 bridgehead atoms. The summed E-state index contributed by atoms with van der Waals surface area (Å²) in [6.07, 6.45) is 2.96. The first-order chi connectivity index (χ1) is 8.38. The van der Waals surface area contributed by atoms with Crippen molar-refractivity contribution in [2.45, 2.75) is 10.9 Å². The van der Waals surface area contributed by atoms with E-state index in [0.29, 0.717) is 0 Å². The maximum atomic E-state index is 5.15. The first-order valence-electron chi connectivity index (χ1n) is 5.55. The fourth-order valence-corrected chi connectivity index (χ4v) is 3.99. The molecule has 0 saturated heterocycles. The molecule has 3 heteroatoms. The second-order valence-electron chi connectivity index (χ2n) is 3.60. The monoisotopic (exact) mass is 343 g/mol. The van der Waals surface area contributed by atoms with Crippen LogP contribution in [-0.4, -0.2) is 33.0 Å². The van der Waals surface area contributed by atoms with E-state index in [9.17, 15) is 0 Å². The molecule has 17 heavy (non-hydrogen) atoms.